The predicted octanol–water partition coefficient (Wildman–Crippen LogP) is 3.09. The number of carboxylic acids is 1. The summed E-state index contributed by atoms with van der Waals surface area (Å²) >= 11 is 0. The highest BCUT2D eigenvalue weighted by molar-refractivity contribution is 5.67. The van der Waals surface area contributed by atoms with Crippen molar-refractivity contribution in [2.45, 2.75) is 25.1 Å². The van der Waals surface area contributed by atoms with Crippen LogP contribution in [-0.2, 0) is 4.79 Å². The average Bonchev–Trinajstić information content (AvgIpc) is 2.33. The Labute approximate surface area is 109 Å². The number of carbonyl (C=O) groups is 1. The normalized spacial score (nSPS) is 13.5. The second-order valence-corrected chi connectivity index (χ2v) is 4.37. The van der Waals surface area contributed by atoms with Crippen molar-refractivity contribution < 1.29 is 23.1 Å². The fraction of sp³-hybridized carbons (Fsp3) is 0.462. The first-order valence-corrected chi connectivity index (χ1v) is 5.83. The van der Waals surface area contributed by atoms with E-state index >= 15 is 0 Å². The number of aliphatic carboxylic acids is 1. The molecule has 6 heteroatoms. The quantitative estimate of drug-likeness (QED) is 0.867. The molecule has 0 aliphatic rings. The number of nitrogens with zero attached hydrogens (tertiary/aromatic N) is 1. The lowest BCUT2D eigenvalue weighted by Crippen LogP contribution is -2.30. The first-order chi connectivity index (χ1) is 8.79. The topological polar surface area (TPSA) is 40.5 Å². The van der Waals surface area contributed by atoms with Gasteiger partial charge >= 0.3 is 12.1 Å². The van der Waals surface area contributed by atoms with Crippen LogP contribution in [0.3, 0.4) is 0 Å². The van der Waals surface area contributed by atoms with Crippen molar-refractivity contribution in [2.24, 2.45) is 0 Å². The standard InChI is InChI=1S/C13H16F3NO2/c1-17(8-7-13(14,15)16)11(9-12(18)19)10-5-3-2-4-6-10/h2-6,11H,7-9H2,1H3,(H,18,19). The monoisotopic (exact) mass is 275 g/mol. The molecular weight excluding hydrogens is 259 g/mol. The van der Waals surface area contributed by atoms with E-state index in [0.29, 0.717) is 5.56 Å². The summed E-state index contributed by atoms with van der Waals surface area (Å²) in [5.41, 5.74) is 0.703. The summed E-state index contributed by atoms with van der Waals surface area (Å²) in [5, 5.41) is 8.87. The Morgan fingerprint density at radius 3 is 2.37 bits per heavy atom. The fourth-order valence-corrected chi connectivity index (χ4v) is 1.83. The highest BCUT2D eigenvalue weighted by Crippen LogP contribution is 2.26. The average molecular weight is 275 g/mol. The Kier molecular flexibility index (Phi) is 5.35. The molecule has 1 aromatic carbocycles. The van der Waals surface area contributed by atoms with Gasteiger partial charge in [0.25, 0.3) is 0 Å². The zero-order valence-corrected chi connectivity index (χ0v) is 10.5. The van der Waals surface area contributed by atoms with Crippen LogP contribution in [0.25, 0.3) is 0 Å². The molecule has 0 fully saturated rings. The third-order valence-electron chi connectivity index (χ3n) is 2.83. The van der Waals surface area contributed by atoms with Crippen molar-refractivity contribution in [3.8, 4) is 0 Å². The van der Waals surface area contributed by atoms with E-state index in [2.05, 4.69) is 0 Å². The second kappa shape index (κ2) is 6.56. The summed E-state index contributed by atoms with van der Waals surface area (Å²) in [6, 6.07) is 8.14. The maximum Gasteiger partial charge on any atom is 0.390 e. The number of hydrogen-bond donors (Lipinski definition) is 1. The number of halogens is 3. The van der Waals surface area contributed by atoms with Crippen LogP contribution in [0.4, 0.5) is 13.2 Å². The largest absolute Gasteiger partial charge is 0.481 e. The summed E-state index contributed by atoms with van der Waals surface area (Å²) in [4.78, 5) is 12.3. The van der Waals surface area contributed by atoms with Gasteiger partial charge in [0.1, 0.15) is 0 Å². The molecule has 0 aromatic heterocycles. The van der Waals surface area contributed by atoms with Gasteiger partial charge in [0.2, 0.25) is 0 Å². The van der Waals surface area contributed by atoms with Crippen molar-refractivity contribution in [3.63, 3.8) is 0 Å². The van der Waals surface area contributed by atoms with E-state index in [1.54, 1.807) is 30.3 Å². The van der Waals surface area contributed by atoms with Gasteiger partial charge in [-0.1, -0.05) is 30.3 Å². The van der Waals surface area contributed by atoms with E-state index in [1.807, 2.05) is 0 Å². The van der Waals surface area contributed by atoms with E-state index in [9.17, 15) is 18.0 Å². The molecule has 0 saturated heterocycles. The van der Waals surface area contributed by atoms with Crippen LogP contribution in [0.15, 0.2) is 30.3 Å². The molecular formula is C13H16F3NO2. The predicted molar refractivity (Wildman–Crippen MR) is 64.7 cm³/mol. The minimum Gasteiger partial charge on any atom is -0.481 e. The van der Waals surface area contributed by atoms with Gasteiger partial charge in [-0.3, -0.25) is 9.69 Å². The zero-order valence-electron chi connectivity index (χ0n) is 10.5. The third-order valence-corrected chi connectivity index (χ3v) is 2.83. The van der Waals surface area contributed by atoms with Crippen molar-refractivity contribution in [1.82, 2.24) is 4.90 Å². The van der Waals surface area contributed by atoms with Crippen molar-refractivity contribution in [1.29, 1.82) is 0 Å². The van der Waals surface area contributed by atoms with E-state index in [0.717, 1.165) is 0 Å². The second-order valence-electron chi connectivity index (χ2n) is 4.37. The van der Waals surface area contributed by atoms with Crippen LogP contribution in [0.1, 0.15) is 24.4 Å². The van der Waals surface area contributed by atoms with E-state index in [1.165, 1.54) is 11.9 Å². The first-order valence-electron chi connectivity index (χ1n) is 5.83. The van der Waals surface area contributed by atoms with Crippen molar-refractivity contribution >= 4 is 5.97 Å². The van der Waals surface area contributed by atoms with Gasteiger partial charge in [-0.2, -0.15) is 13.2 Å². The number of alkyl halides is 3. The van der Waals surface area contributed by atoms with Crippen LogP contribution in [0.2, 0.25) is 0 Å². The number of benzene rings is 1. The molecule has 19 heavy (non-hydrogen) atoms. The molecule has 106 valence electrons. The molecule has 1 rings (SSSR count). The zero-order chi connectivity index (χ0) is 14.5. The molecule has 1 aromatic rings. The molecule has 0 heterocycles. The molecule has 3 nitrogen and oxygen atoms in total. The Morgan fingerprint density at radius 1 is 1.32 bits per heavy atom. The third kappa shape index (κ3) is 5.74. The minimum atomic E-state index is -4.24. The van der Waals surface area contributed by atoms with Gasteiger partial charge in [0, 0.05) is 12.6 Å². The molecule has 0 aliphatic heterocycles. The molecule has 0 bridgehead atoms. The van der Waals surface area contributed by atoms with Crippen molar-refractivity contribution in [2.75, 3.05) is 13.6 Å². The summed E-state index contributed by atoms with van der Waals surface area (Å²) in [7, 11) is 1.51. The molecule has 0 saturated carbocycles. The van der Waals surface area contributed by atoms with Gasteiger partial charge in [-0.15, -0.1) is 0 Å². The van der Waals surface area contributed by atoms with Gasteiger partial charge in [0.05, 0.1) is 12.8 Å². The molecule has 0 radical (unpaired) electrons. The van der Waals surface area contributed by atoms with Crippen LogP contribution in [0.5, 0.6) is 0 Å². The summed E-state index contributed by atoms with van der Waals surface area (Å²) in [5.74, 6) is -1.03. The lowest BCUT2D eigenvalue weighted by molar-refractivity contribution is -0.141. The van der Waals surface area contributed by atoms with Gasteiger partial charge < -0.3 is 5.11 Å². The molecule has 1 N–H and O–H groups in total. The number of hydrogen-bond acceptors (Lipinski definition) is 2. The van der Waals surface area contributed by atoms with Crippen LogP contribution < -0.4 is 0 Å². The Balaban J connectivity index is 2.77. The lowest BCUT2D eigenvalue weighted by Gasteiger charge is -2.27. The van der Waals surface area contributed by atoms with E-state index in [4.69, 9.17) is 5.11 Å². The molecule has 0 spiro atoms. The Morgan fingerprint density at radius 2 is 1.89 bits per heavy atom. The summed E-state index contributed by atoms with van der Waals surface area (Å²) < 4.78 is 36.6. The highest BCUT2D eigenvalue weighted by atomic mass is 19.4. The Hall–Kier alpha value is -1.56. The lowest BCUT2D eigenvalue weighted by atomic mass is 10.0. The van der Waals surface area contributed by atoms with Crippen LogP contribution in [-0.4, -0.2) is 35.7 Å². The van der Waals surface area contributed by atoms with E-state index in [-0.39, 0.29) is 13.0 Å². The SMILES string of the molecule is CN(CCC(F)(F)F)C(CC(=O)O)c1ccccc1. The minimum absolute atomic E-state index is 0.224. The van der Waals surface area contributed by atoms with Gasteiger partial charge in [-0.05, 0) is 12.6 Å². The van der Waals surface area contributed by atoms with Crippen LogP contribution >= 0.6 is 0 Å². The molecule has 1 unspecified atom stereocenters. The first kappa shape index (κ1) is 15.5. The maximum absolute atomic E-state index is 12.2. The van der Waals surface area contributed by atoms with Crippen molar-refractivity contribution in [3.05, 3.63) is 35.9 Å². The van der Waals surface area contributed by atoms with Crippen LogP contribution in [0, 0.1) is 0 Å². The molecule has 0 amide bonds. The Bertz CT molecular complexity index is 406. The molecule has 1 atom stereocenters. The molecule has 0 aliphatic carbocycles. The number of rotatable bonds is 6. The number of carboxylic acid groups (broad SMARTS) is 1. The summed E-state index contributed by atoms with van der Waals surface area (Å²) in [6.45, 7) is -0.226. The van der Waals surface area contributed by atoms with E-state index < -0.39 is 24.6 Å². The van der Waals surface area contributed by atoms with Gasteiger partial charge in [-0.25, -0.2) is 0 Å². The maximum atomic E-state index is 12.2. The smallest absolute Gasteiger partial charge is 0.390 e. The van der Waals surface area contributed by atoms with Gasteiger partial charge in [0.15, 0.2) is 0 Å². The highest BCUT2D eigenvalue weighted by Gasteiger charge is 2.29. The summed E-state index contributed by atoms with van der Waals surface area (Å²) in [6.07, 6.45) is -5.41. The fourth-order valence-electron chi connectivity index (χ4n) is 1.83.